The van der Waals surface area contributed by atoms with Gasteiger partial charge in [0.1, 0.15) is 0 Å². The van der Waals surface area contributed by atoms with Crippen LogP contribution in [0.1, 0.15) is 26.7 Å². The molecule has 3 nitrogen and oxygen atoms in total. The average molecular weight is 175 g/mol. The fourth-order valence-corrected chi connectivity index (χ4v) is 1.02. The third-order valence-corrected chi connectivity index (χ3v) is 1.55. The molecule has 0 radical (unpaired) electrons. The molecule has 0 aliphatic rings. The predicted octanol–water partition coefficient (Wildman–Crippen LogP) is 0.759. The predicted molar refractivity (Wildman–Crippen MR) is 50.0 cm³/mol. The Morgan fingerprint density at radius 3 is 2.58 bits per heavy atom. The Kier molecular flexibility index (Phi) is 7.45. The van der Waals surface area contributed by atoms with Crippen LogP contribution in [0.2, 0.25) is 0 Å². The molecule has 0 saturated heterocycles. The van der Waals surface area contributed by atoms with Gasteiger partial charge < -0.3 is 15.6 Å². The first-order chi connectivity index (χ1) is 5.66. The number of nitrogens with two attached hydrogens (primary N) is 1. The minimum Gasteiger partial charge on any atom is -0.391 e. The van der Waals surface area contributed by atoms with Gasteiger partial charge >= 0.3 is 0 Å². The van der Waals surface area contributed by atoms with E-state index < -0.39 is 0 Å². The summed E-state index contributed by atoms with van der Waals surface area (Å²) in [4.78, 5) is 0. The fraction of sp³-hybridized carbons (Fsp3) is 1.00. The second-order valence-electron chi connectivity index (χ2n) is 3.50. The highest BCUT2D eigenvalue weighted by Crippen LogP contribution is 2.04. The molecule has 0 aliphatic carbocycles. The van der Waals surface area contributed by atoms with Gasteiger partial charge in [-0.3, -0.25) is 0 Å². The second-order valence-corrected chi connectivity index (χ2v) is 3.50. The van der Waals surface area contributed by atoms with E-state index in [0.717, 1.165) is 12.8 Å². The average Bonchev–Trinajstić information content (AvgIpc) is 1.97. The summed E-state index contributed by atoms with van der Waals surface area (Å²) in [6.45, 7) is 5.93. The molecule has 0 aliphatic heterocycles. The van der Waals surface area contributed by atoms with Crippen LogP contribution in [-0.4, -0.2) is 31.0 Å². The summed E-state index contributed by atoms with van der Waals surface area (Å²) in [5.74, 6) is 0.526. The van der Waals surface area contributed by atoms with Gasteiger partial charge in [-0.15, -0.1) is 0 Å². The molecular formula is C9H21NO2. The first-order valence-corrected chi connectivity index (χ1v) is 4.62. The lowest BCUT2D eigenvalue weighted by molar-refractivity contribution is 0.0262. The zero-order valence-corrected chi connectivity index (χ0v) is 8.12. The Morgan fingerprint density at radius 2 is 2.08 bits per heavy atom. The number of aliphatic hydroxyl groups is 1. The second kappa shape index (κ2) is 7.53. The number of hydrogen-bond donors (Lipinski definition) is 2. The van der Waals surface area contributed by atoms with Crippen molar-refractivity contribution in [3.63, 3.8) is 0 Å². The van der Waals surface area contributed by atoms with Gasteiger partial charge in [-0.1, -0.05) is 13.8 Å². The van der Waals surface area contributed by atoms with E-state index in [0.29, 0.717) is 25.7 Å². The number of aliphatic hydroxyl groups excluding tert-OH is 1. The van der Waals surface area contributed by atoms with E-state index >= 15 is 0 Å². The number of rotatable bonds is 7. The van der Waals surface area contributed by atoms with Crippen LogP contribution >= 0.6 is 0 Å². The molecule has 0 fully saturated rings. The maximum absolute atomic E-state index is 9.36. The molecule has 0 rings (SSSR count). The molecule has 0 saturated carbocycles. The zero-order chi connectivity index (χ0) is 9.40. The van der Waals surface area contributed by atoms with Crippen molar-refractivity contribution in [2.24, 2.45) is 11.7 Å². The van der Waals surface area contributed by atoms with Crippen molar-refractivity contribution in [3.05, 3.63) is 0 Å². The van der Waals surface area contributed by atoms with Crippen LogP contribution in [0.3, 0.4) is 0 Å². The summed E-state index contributed by atoms with van der Waals surface area (Å²) < 4.78 is 5.21. The molecular weight excluding hydrogens is 154 g/mol. The molecule has 0 bridgehead atoms. The Bertz CT molecular complexity index is 96.5. The summed E-state index contributed by atoms with van der Waals surface area (Å²) in [5, 5.41) is 9.36. The minimum absolute atomic E-state index is 0.317. The van der Waals surface area contributed by atoms with Crippen molar-refractivity contribution in [3.8, 4) is 0 Å². The highest BCUT2D eigenvalue weighted by Gasteiger charge is 2.05. The normalized spacial score (nSPS) is 13.8. The molecule has 12 heavy (non-hydrogen) atoms. The van der Waals surface area contributed by atoms with E-state index in [9.17, 15) is 5.11 Å². The fourth-order valence-electron chi connectivity index (χ4n) is 1.02. The van der Waals surface area contributed by atoms with E-state index in [1.165, 1.54) is 0 Å². The van der Waals surface area contributed by atoms with Gasteiger partial charge in [0.15, 0.2) is 0 Å². The van der Waals surface area contributed by atoms with E-state index in [-0.39, 0.29) is 6.10 Å². The molecule has 0 heterocycles. The summed E-state index contributed by atoms with van der Waals surface area (Å²) in [6.07, 6.45) is 1.36. The Balaban J connectivity index is 3.14. The van der Waals surface area contributed by atoms with Crippen LogP contribution in [0, 0.1) is 5.92 Å². The van der Waals surface area contributed by atoms with E-state index in [2.05, 4.69) is 13.8 Å². The molecule has 0 aromatic rings. The van der Waals surface area contributed by atoms with Crippen molar-refractivity contribution >= 4 is 0 Å². The summed E-state index contributed by atoms with van der Waals surface area (Å²) in [7, 11) is 0. The van der Waals surface area contributed by atoms with Crippen LogP contribution in [0.25, 0.3) is 0 Å². The van der Waals surface area contributed by atoms with Crippen molar-refractivity contribution in [2.45, 2.75) is 32.8 Å². The van der Waals surface area contributed by atoms with E-state index in [4.69, 9.17) is 10.5 Å². The smallest absolute Gasteiger partial charge is 0.0776 e. The van der Waals surface area contributed by atoms with Crippen LogP contribution in [-0.2, 0) is 4.74 Å². The summed E-state index contributed by atoms with van der Waals surface area (Å²) in [6, 6.07) is 0. The van der Waals surface area contributed by atoms with Gasteiger partial charge in [-0.05, 0) is 25.3 Å². The SMILES string of the molecule is CC(C)CC(O)COCCCN. The van der Waals surface area contributed by atoms with Crippen molar-refractivity contribution in [1.82, 2.24) is 0 Å². The topological polar surface area (TPSA) is 55.5 Å². The third kappa shape index (κ3) is 7.98. The Morgan fingerprint density at radius 1 is 1.42 bits per heavy atom. The highest BCUT2D eigenvalue weighted by molar-refractivity contribution is 4.56. The van der Waals surface area contributed by atoms with E-state index in [1.807, 2.05) is 0 Å². The van der Waals surface area contributed by atoms with E-state index in [1.54, 1.807) is 0 Å². The molecule has 3 heteroatoms. The molecule has 0 spiro atoms. The maximum Gasteiger partial charge on any atom is 0.0776 e. The standard InChI is InChI=1S/C9H21NO2/c1-8(2)6-9(11)7-12-5-3-4-10/h8-9,11H,3-7,10H2,1-2H3. The number of hydrogen-bond acceptors (Lipinski definition) is 3. The van der Waals surface area contributed by atoms with Gasteiger partial charge in [-0.25, -0.2) is 0 Å². The quantitative estimate of drug-likeness (QED) is 0.562. The van der Waals surface area contributed by atoms with Crippen LogP contribution in [0.4, 0.5) is 0 Å². The Labute approximate surface area is 74.9 Å². The number of ether oxygens (including phenoxy) is 1. The zero-order valence-electron chi connectivity index (χ0n) is 8.12. The lowest BCUT2D eigenvalue weighted by Crippen LogP contribution is -2.18. The van der Waals surface area contributed by atoms with Crippen LogP contribution in [0.15, 0.2) is 0 Å². The van der Waals surface area contributed by atoms with Crippen LogP contribution in [0.5, 0.6) is 0 Å². The largest absolute Gasteiger partial charge is 0.391 e. The summed E-state index contributed by atoms with van der Waals surface area (Å²) in [5.41, 5.74) is 5.28. The Hall–Kier alpha value is -0.120. The molecule has 1 atom stereocenters. The molecule has 3 N–H and O–H groups in total. The van der Waals surface area contributed by atoms with Gasteiger partial charge in [0.25, 0.3) is 0 Å². The van der Waals surface area contributed by atoms with Crippen molar-refractivity contribution < 1.29 is 9.84 Å². The highest BCUT2D eigenvalue weighted by atomic mass is 16.5. The van der Waals surface area contributed by atoms with Crippen LogP contribution < -0.4 is 5.73 Å². The maximum atomic E-state index is 9.36. The monoisotopic (exact) mass is 175 g/mol. The molecule has 74 valence electrons. The summed E-state index contributed by atoms with van der Waals surface area (Å²) >= 11 is 0. The van der Waals surface area contributed by atoms with Crippen molar-refractivity contribution in [2.75, 3.05) is 19.8 Å². The van der Waals surface area contributed by atoms with Gasteiger partial charge in [0, 0.05) is 6.61 Å². The molecule has 1 unspecified atom stereocenters. The third-order valence-electron chi connectivity index (χ3n) is 1.55. The van der Waals surface area contributed by atoms with Gasteiger partial charge in [0.2, 0.25) is 0 Å². The van der Waals surface area contributed by atoms with Gasteiger partial charge in [0.05, 0.1) is 12.7 Å². The lowest BCUT2D eigenvalue weighted by atomic mass is 10.1. The molecule has 0 aromatic carbocycles. The first-order valence-electron chi connectivity index (χ1n) is 4.62. The first kappa shape index (κ1) is 11.9. The lowest BCUT2D eigenvalue weighted by Gasteiger charge is -2.12. The van der Waals surface area contributed by atoms with Crippen molar-refractivity contribution in [1.29, 1.82) is 0 Å². The minimum atomic E-state index is -0.317. The molecule has 0 amide bonds. The molecule has 0 aromatic heterocycles. The van der Waals surface area contributed by atoms with Gasteiger partial charge in [-0.2, -0.15) is 0 Å².